The number of aliphatic hydroxyl groups excluding tert-OH is 1. The third-order valence-electron chi connectivity index (χ3n) is 3.85. The third-order valence-corrected chi connectivity index (χ3v) is 4.16. The Labute approximate surface area is 119 Å². The van der Waals surface area contributed by atoms with Crippen molar-refractivity contribution in [3.8, 4) is 5.75 Å². The molecule has 1 aromatic carbocycles. The molecular formula is C15H22ClNO2. The Kier molecular flexibility index (Phi) is 5.34. The lowest BCUT2D eigenvalue weighted by atomic mass is 9.89. The highest BCUT2D eigenvalue weighted by Crippen LogP contribution is 2.32. The van der Waals surface area contributed by atoms with Gasteiger partial charge in [0, 0.05) is 18.2 Å². The fourth-order valence-electron chi connectivity index (χ4n) is 2.69. The Balaban J connectivity index is 2.02. The van der Waals surface area contributed by atoms with Crippen LogP contribution in [0.4, 0.5) is 5.69 Å². The minimum absolute atomic E-state index is 0.0637. The molecule has 0 aliphatic heterocycles. The van der Waals surface area contributed by atoms with Crippen LogP contribution in [0.3, 0.4) is 0 Å². The standard InChI is InChI=1S/C15H22ClNO2/c1-19-15-8-14(13(16)7-12(15)10-18)17-9-11-5-3-2-4-6-11/h7-8,11,17-18H,2-6,9-10H2,1H3. The molecule has 1 saturated carbocycles. The summed E-state index contributed by atoms with van der Waals surface area (Å²) in [5, 5.41) is 13.3. The summed E-state index contributed by atoms with van der Waals surface area (Å²) in [5.74, 6) is 1.42. The monoisotopic (exact) mass is 283 g/mol. The zero-order chi connectivity index (χ0) is 13.7. The summed E-state index contributed by atoms with van der Waals surface area (Å²) >= 11 is 6.23. The molecule has 0 spiro atoms. The van der Waals surface area contributed by atoms with Gasteiger partial charge in [-0.3, -0.25) is 0 Å². The molecule has 1 aliphatic carbocycles. The minimum atomic E-state index is -0.0637. The van der Waals surface area contributed by atoms with Crippen molar-refractivity contribution in [3.63, 3.8) is 0 Å². The van der Waals surface area contributed by atoms with E-state index < -0.39 is 0 Å². The van der Waals surface area contributed by atoms with E-state index in [4.69, 9.17) is 16.3 Å². The number of rotatable bonds is 5. The van der Waals surface area contributed by atoms with Crippen molar-refractivity contribution in [2.45, 2.75) is 38.7 Å². The van der Waals surface area contributed by atoms with Crippen LogP contribution in [0.5, 0.6) is 5.75 Å². The molecule has 2 N–H and O–H groups in total. The predicted molar refractivity (Wildman–Crippen MR) is 79.0 cm³/mol. The van der Waals surface area contributed by atoms with Gasteiger partial charge in [0.2, 0.25) is 0 Å². The maximum Gasteiger partial charge on any atom is 0.126 e. The van der Waals surface area contributed by atoms with E-state index in [0.717, 1.165) is 23.7 Å². The molecule has 0 heterocycles. The average Bonchev–Trinajstić information content (AvgIpc) is 2.46. The van der Waals surface area contributed by atoms with Crippen LogP contribution < -0.4 is 10.1 Å². The number of methoxy groups -OCH3 is 1. The number of nitrogens with one attached hydrogen (secondary N) is 1. The summed E-state index contributed by atoms with van der Waals surface area (Å²) in [6.45, 7) is 0.896. The van der Waals surface area contributed by atoms with Gasteiger partial charge in [-0.25, -0.2) is 0 Å². The molecule has 0 aromatic heterocycles. The summed E-state index contributed by atoms with van der Waals surface area (Å²) in [6, 6.07) is 3.64. The summed E-state index contributed by atoms with van der Waals surface area (Å²) in [5.41, 5.74) is 1.61. The Hall–Kier alpha value is -0.930. The van der Waals surface area contributed by atoms with Gasteiger partial charge in [0.25, 0.3) is 0 Å². The van der Waals surface area contributed by atoms with Gasteiger partial charge in [-0.1, -0.05) is 30.9 Å². The van der Waals surface area contributed by atoms with E-state index in [0.29, 0.717) is 10.8 Å². The normalized spacial score (nSPS) is 16.4. The lowest BCUT2D eigenvalue weighted by Crippen LogP contribution is -2.17. The number of hydrogen-bond donors (Lipinski definition) is 2. The first-order valence-electron chi connectivity index (χ1n) is 6.95. The molecule has 0 saturated heterocycles. The molecule has 1 fully saturated rings. The number of hydrogen-bond acceptors (Lipinski definition) is 3. The van der Waals surface area contributed by atoms with Crippen LogP contribution >= 0.6 is 11.6 Å². The molecular weight excluding hydrogens is 262 g/mol. The van der Waals surface area contributed by atoms with Gasteiger partial charge in [0.1, 0.15) is 5.75 Å². The SMILES string of the molecule is COc1cc(NCC2CCCCC2)c(Cl)cc1CO. The fourth-order valence-corrected chi connectivity index (χ4v) is 2.94. The van der Waals surface area contributed by atoms with Crippen LogP contribution in [-0.4, -0.2) is 18.8 Å². The minimum Gasteiger partial charge on any atom is -0.496 e. The van der Waals surface area contributed by atoms with Crippen LogP contribution in [0, 0.1) is 5.92 Å². The van der Waals surface area contributed by atoms with E-state index in [-0.39, 0.29) is 6.61 Å². The maximum absolute atomic E-state index is 9.24. The highest BCUT2D eigenvalue weighted by Gasteiger charge is 2.14. The summed E-state index contributed by atoms with van der Waals surface area (Å²) in [4.78, 5) is 0. The van der Waals surface area contributed by atoms with Crippen molar-refractivity contribution >= 4 is 17.3 Å². The van der Waals surface area contributed by atoms with Crippen LogP contribution in [0.15, 0.2) is 12.1 Å². The van der Waals surface area contributed by atoms with Crippen molar-refractivity contribution < 1.29 is 9.84 Å². The zero-order valence-electron chi connectivity index (χ0n) is 11.4. The van der Waals surface area contributed by atoms with E-state index >= 15 is 0 Å². The van der Waals surface area contributed by atoms with Gasteiger partial charge in [0.05, 0.1) is 24.4 Å². The number of ether oxygens (including phenoxy) is 1. The Morgan fingerprint density at radius 3 is 2.68 bits per heavy atom. The predicted octanol–water partition coefficient (Wildman–Crippen LogP) is 3.83. The Morgan fingerprint density at radius 1 is 1.32 bits per heavy atom. The van der Waals surface area contributed by atoms with Gasteiger partial charge in [-0.2, -0.15) is 0 Å². The van der Waals surface area contributed by atoms with Gasteiger partial charge in [-0.05, 0) is 24.8 Å². The van der Waals surface area contributed by atoms with Crippen LogP contribution in [0.2, 0.25) is 5.02 Å². The second-order valence-electron chi connectivity index (χ2n) is 5.19. The van der Waals surface area contributed by atoms with Gasteiger partial charge < -0.3 is 15.2 Å². The highest BCUT2D eigenvalue weighted by atomic mass is 35.5. The summed E-state index contributed by atoms with van der Waals surface area (Å²) in [6.07, 6.45) is 6.66. The Bertz CT molecular complexity index is 417. The van der Waals surface area contributed by atoms with Crippen molar-refractivity contribution in [1.82, 2.24) is 0 Å². The first-order valence-corrected chi connectivity index (χ1v) is 7.33. The number of halogens is 1. The molecule has 0 radical (unpaired) electrons. The number of benzene rings is 1. The molecule has 106 valence electrons. The zero-order valence-corrected chi connectivity index (χ0v) is 12.2. The number of anilines is 1. The van der Waals surface area contributed by atoms with E-state index in [1.54, 1.807) is 13.2 Å². The van der Waals surface area contributed by atoms with Crippen LogP contribution in [-0.2, 0) is 6.61 Å². The van der Waals surface area contributed by atoms with Gasteiger partial charge in [-0.15, -0.1) is 0 Å². The van der Waals surface area contributed by atoms with Crippen LogP contribution in [0.25, 0.3) is 0 Å². The van der Waals surface area contributed by atoms with Crippen molar-refractivity contribution in [2.75, 3.05) is 19.0 Å². The largest absolute Gasteiger partial charge is 0.496 e. The highest BCUT2D eigenvalue weighted by molar-refractivity contribution is 6.33. The smallest absolute Gasteiger partial charge is 0.126 e. The molecule has 0 atom stereocenters. The van der Waals surface area contributed by atoms with E-state index in [9.17, 15) is 5.11 Å². The first-order chi connectivity index (χ1) is 9.24. The van der Waals surface area contributed by atoms with Crippen LogP contribution in [0.1, 0.15) is 37.7 Å². The molecule has 0 unspecified atom stereocenters. The van der Waals surface area contributed by atoms with Gasteiger partial charge >= 0.3 is 0 Å². The lowest BCUT2D eigenvalue weighted by molar-refractivity contribution is 0.274. The van der Waals surface area contributed by atoms with E-state index in [1.807, 2.05) is 6.07 Å². The molecule has 4 heteroatoms. The average molecular weight is 284 g/mol. The van der Waals surface area contributed by atoms with E-state index in [1.165, 1.54) is 32.1 Å². The van der Waals surface area contributed by atoms with Gasteiger partial charge in [0.15, 0.2) is 0 Å². The second-order valence-corrected chi connectivity index (χ2v) is 5.59. The number of aliphatic hydroxyl groups is 1. The molecule has 2 rings (SSSR count). The third kappa shape index (κ3) is 3.77. The maximum atomic E-state index is 9.24. The molecule has 3 nitrogen and oxygen atoms in total. The van der Waals surface area contributed by atoms with Crippen molar-refractivity contribution in [3.05, 3.63) is 22.7 Å². The first kappa shape index (κ1) is 14.5. The summed E-state index contributed by atoms with van der Waals surface area (Å²) in [7, 11) is 1.60. The molecule has 1 aromatic rings. The topological polar surface area (TPSA) is 41.5 Å². The molecule has 19 heavy (non-hydrogen) atoms. The van der Waals surface area contributed by atoms with Crippen molar-refractivity contribution in [2.24, 2.45) is 5.92 Å². The quantitative estimate of drug-likeness (QED) is 0.863. The van der Waals surface area contributed by atoms with E-state index in [2.05, 4.69) is 5.32 Å². The molecule has 0 bridgehead atoms. The lowest BCUT2D eigenvalue weighted by Gasteiger charge is -2.23. The molecule has 1 aliphatic rings. The molecule has 0 amide bonds. The Morgan fingerprint density at radius 2 is 2.05 bits per heavy atom. The summed E-state index contributed by atoms with van der Waals surface area (Å²) < 4.78 is 5.27. The second kappa shape index (κ2) is 7.01. The van der Waals surface area contributed by atoms with Crippen molar-refractivity contribution in [1.29, 1.82) is 0 Å². The fraction of sp³-hybridized carbons (Fsp3) is 0.600.